The van der Waals surface area contributed by atoms with Crippen LogP contribution >= 0.6 is 0 Å². The minimum Gasteiger partial charge on any atom is -0.335 e. The third-order valence-corrected chi connectivity index (χ3v) is 4.61. The number of hydrogen-bond donors (Lipinski definition) is 0. The average Bonchev–Trinajstić information content (AvgIpc) is 3.09. The van der Waals surface area contributed by atoms with Crippen molar-refractivity contribution in [2.24, 2.45) is 5.92 Å². The molecule has 1 atom stereocenters. The van der Waals surface area contributed by atoms with E-state index in [4.69, 9.17) is 0 Å². The number of nitrogens with zero attached hydrogens (tertiary/aromatic N) is 1. The van der Waals surface area contributed by atoms with E-state index in [1.165, 1.54) is 31.7 Å². The number of carbonyl (C=O) groups is 1. The summed E-state index contributed by atoms with van der Waals surface area (Å²) in [6.07, 6.45) is 7.16. The quantitative estimate of drug-likeness (QED) is 0.796. The summed E-state index contributed by atoms with van der Waals surface area (Å²) in [6, 6.07) is 6.67. The Balaban J connectivity index is 1.80. The predicted molar refractivity (Wildman–Crippen MR) is 72.4 cm³/mol. The molecule has 1 aliphatic carbocycles. The largest absolute Gasteiger partial charge is 0.335 e. The molecule has 1 saturated carbocycles. The van der Waals surface area contributed by atoms with E-state index < -0.39 is 5.82 Å². The maximum absolute atomic E-state index is 13.8. The first-order valence-electron chi connectivity index (χ1n) is 7.33. The topological polar surface area (TPSA) is 20.3 Å². The van der Waals surface area contributed by atoms with Crippen LogP contribution in [-0.2, 0) is 0 Å². The predicted octanol–water partition coefficient (Wildman–Crippen LogP) is 3.62. The number of benzene rings is 1. The summed E-state index contributed by atoms with van der Waals surface area (Å²) in [7, 11) is 0. The molecule has 1 aliphatic heterocycles. The monoisotopic (exact) mass is 261 g/mol. The third-order valence-electron chi connectivity index (χ3n) is 4.61. The van der Waals surface area contributed by atoms with Crippen LogP contribution in [0.15, 0.2) is 24.3 Å². The molecule has 1 aromatic rings. The lowest BCUT2D eigenvalue weighted by Crippen LogP contribution is -2.39. The molecule has 1 heterocycles. The first kappa shape index (κ1) is 12.6. The summed E-state index contributed by atoms with van der Waals surface area (Å²) >= 11 is 0. The van der Waals surface area contributed by atoms with Crippen molar-refractivity contribution >= 4 is 5.91 Å². The minimum absolute atomic E-state index is 0.118. The molecule has 2 fully saturated rings. The van der Waals surface area contributed by atoms with Gasteiger partial charge in [0, 0.05) is 12.6 Å². The van der Waals surface area contributed by atoms with Gasteiger partial charge in [-0.15, -0.1) is 0 Å². The van der Waals surface area contributed by atoms with Crippen LogP contribution in [0, 0.1) is 11.7 Å². The maximum atomic E-state index is 13.8. The Morgan fingerprint density at radius 1 is 1.11 bits per heavy atom. The van der Waals surface area contributed by atoms with E-state index in [-0.39, 0.29) is 11.5 Å². The highest BCUT2D eigenvalue weighted by Gasteiger charge is 2.36. The van der Waals surface area contributed by atoms with Gasteiger partial charge in [0.05, 0.1) is 5.56 Å². The van der Waals surface area contributed by atoms with E-state index in [0.717, 1.165) is 19.4 Å². The van der Waals surface area contributed by atoms with Crippen molar-refractivity contribution in [3.8, 4) is 0 Å². The van der Waals surface area contributed by atoms with Crippen LogP contribution in [0.5, 0.6) is 0 Å². The van der Waals surface area contributed by atoms with Crippen LogP contribution in [0.1, 0.15) is 48.9 Å². The molecule has 2 nitrogen and oxygen atoms in total. The van der Waals surface area contributed by atoms with Gasteiger partial charge in [-0.2, -0.15) is 0 Å². The van der Waals surface area contributed by atoms with Gasteiger partial charge in [0.25, 0.3) is 5.91 Å². The Kier molecular flexibility index (Phi) is 3.54. The van der Waals surface area contributed by atoms with Crippen LogP contribution < -0.4 is 0 Å². The first-order chi connectivity index (χ1) is 9.27. The Labute approximate surface area is 113 Å². The highest BCUT2D eigenvalue weighted by atomic mass is 19.1. The third kappa shape index (κ3) is 2.38. The summed E-state index contributed by atoms with van der Waals surface area (Å²) in [5.41, 5.74) is 0.229. The summed E-state index contributed by atoms with van der Waals surface area (Å²) in [6.45, 7) is 0.786. The van der Waals surface area contributed by atoms with E-state index in [2.05, 4.69) is 0 Å². The van der Waals surface area contributed by atoms with Crippen molar-refractivity contribution in [1.82, 2.24) is 4.90 Å². The van der Waals surface area contributed by atoms with Gasteiger partial charge in [-0.1, -0.05) is 25.0 Å². The SMILES string of the molecule is O=C(c1ccccc1F)N1CCCC1C1CCCC1. The van der Waals surface area contributed by atoms with Crippen LogP contribution in [-0.4, -0.2) is 23.4 Å². The lowest BCUT2D eigenvalue weighted by Gasteiger charge is -2.29. The molecule has 3 heteroatoms. The summed E-state index contributed by atoms with van der Waals surface area (Å²) < 4.78 is 13.8. The second-order valence-corrected chi connectivity index (χ2v) is 5.73. The summed E-state index contributed by atoms with van der Waals surface area (Å²) in [5, 5.41) is 0. The number of carbonyl (C=O) groups excluding carboxylic acids is 1. The lowest BCUT2D eigenvalue weighted by atomic mass is 9.95. The van der Waals surface area contributed by atoms with E-state index in [9.17, 15) is 9.18 Å². The highest BCUT2D eigenvalue weighted by Crippen LogP contribution is 2.36. The average molecular weight is 261 g/mol. The van der Waals surface area contributed by atoms with Crippen LogP contribution in [0.2, 0.25) is 0 Å². The van der Waals surface area contributed by atoms with Gasteiger partial charge >= 0.3 is 0 Å². The molecule has 1 amide bonds. The fraction of sp³-hybridized carbons (Fsp3) is 0.562. The molecule has 0 spiro atoms. The molecule has 0 N–H and O–H groups in total. The van der Waals surface area contributed by atoms with Gasteiger partial charge in [-0.3, -0.25) is 4.79 Å². The normalized spacial score (nSPS) is 24.1. The van der Waals surface area contributed by atoms with Crippen molar-refractivity contribution in [3.05, 3.63) is 35.6 Å². The molecular weight excluding hydrogens is 241 g/mol. The fourth-order valence-electron chi connectivity index (χ4n) is 3.67. The number of likely N-dealkylation sites (tertiary alicyclic amines) is 1. The zero-order valence-electron chi connectivity index (χ0n) is 11.1. The number of halogens is 1. The van der Waals surface area contributed by atoms with Crippen LogP contribution in [0.3, 0.4) is 0 Å². The molecule has 3 rings (SSSR count). The standard InChI is InChI=1S/C16H20FNO/c17-14-9-4-3-8-13(14)16(19)18-11-5-10-15(18)12-6-1-2-7-12/h3-4,8-9,12,15H,1-2,5-7,10-11H2. The Morgan fingerprint density at radius 2 is 1.84 bits per heavy atom. The number of amides is 1. The van der Waals surface area contributed by atoms with Crippen LogP contribution in [0.25, 0.3) is 0 Å². The second-order valence-electron chi connectivity index (χ2n) is 5.73. The first-order valence-corrected chi connectivity index (χ1v) is 7.33. The second kappa shape index (κ2) is 5.32. The lowest BCUT2D eigenvalue weighted by molar-refractivity contribution is 0.0684. The molecule has 102 valence electrons. The zero-order chi connectivity index (χ0) is 13.2. The van der Waals surface area contributed by atoms with Crippen molar-refractivity contribution in [3.63, 3.8) is 0 Å². The van der Waals surface area contributed by atoms with Crippen molar-refractivity contribution in [2.45, 2.75) is 44.6 Å². The van der Waals surface area contributed by atoms with Crippen LogP contribution in [0.4, 0.5) is 4.39 Å². The fourth-order valence-corrected chi connectivity index (χ4v) is 3.67. The molecule has 19 heavy (non-hydrogen) atoms. The van der Waals surface area contributed by atoms with Gasteiger partial charge in [0.2, 0.25) is 0 Å². The minimum atomic E-state index is -0.399. The van der Waals surface area contributed by atoms with E-state index in [1.54, 1.807) is 18.2 Å². The van der Waals surface area contributed by atoms with Crippen molar-refractivity contribution in [1.29, 1.82) is 0 Å². The highest BCUT2D eigenvalue weighted by molar-refractivity contribution is 5.94. The molecule has 1 saturated heterocycles. The number of rotatable bonds is 2. The van der Waals surface area contributed by atoms with Crippen molar-refractivity contribution < 1.29 is 9.18 Å². The molecule has 1 unspecified atom stereocenters. The molecule has 0 bridgehead atoms. The van der Waals surface area contributed by atoms with Gasteiger partial charge in [0.15, 0.2) is 0 Å². The molecule has 0 aromatic heterocycles. The molecule has 1 aromatic carbocycles. The van der Waals surface area contributed by atoms with Gasteiger partial charge < -0.3 is 4.90 Å². The van der Waals surface area contributed by atoms with Crippen molar-refractivity contribution in [2.75, 3.05) is 6.54 Å². The Morgan fingerprint density at radius 3 is 2.58 bits per heavy atom. The summed E-state index contributed by atoms with van der Waals surface area (Å²) in [5.74, 6) is 0.121. The van der Waals surface area contributed by atoms with Gasteiger partial charge in [-0.05, 0) is 43.7 Å². The molecule has 0 radical (unpaired) electrons. The smallest absolute Gasteiger partial charge is 0.257 e. The van der Waals surface area contributed by atoms with E-state index >= 15 is 0 Å². The van der Waals surface area contributed by atoms with E-state index in [1.807, 2.05) is 4.90 Å². The number of hydrogen-bond acceptors (Lipinski definition) is 1. The summed E-state index contributed by atoms with van der Waals surface area (Å²) in [4.78, 5) is 14.4. The van der Waals surface area contributed by atoms with E-state index in [0.29, 0.717) is 12.0 Å². The molecule has 2 aliphatic rings. The maximum Gasteiger partial charge on any atom is 0.257 e. The van der Waals surface area contributed by atoms with Gasteiger partial charge in [0.1, 0.15) is 5.82 Å². The Hall–Kier alpha value is -1.38. The molecular formula is C16H20FNO. The zero-order valence-corrected chi connectivity index (χ0v) is 11.1. The van der Waals surface area contributed by atoms with Gasteiger partial charge in [-0.25, -0.2) is 4.39 Å². The Bertz CT molecular complexity index is 468.